The molecular formula is C23H27NO5. The van der Waals surface area contributed by atoms with Crippen molar-refractivity contribution < 1.29 is 23.8 Å². The largest absolute Gasteiger partial charge is 0.493 e. The Morgan fingerprint density at radius 2 is 1.76 bits per heavy atom. The van der Waals surface area contributed by atoms with Crippen LogP contribution < -0.4 is 14.8 Å². The maximum Gasteiger partial charge on any atom is 0.331 e. The van der Waals surface area contributed by atoms with Gasteiger partial charge >= 0.3 is 5.97 Å². The lowest BCUT2D eigenvalue weighted by molar-refractivity contribution is -0.150. The van der Waals surface area contributed by atoms with Crippen molar-refractivity contribution in [2.24, 2.45) is 0 Å². The number of benzene rings is 2. The summed E-state index contributed by atoms with van der Waals surface area (Å²) in [5.41, 5.74) is 1.72. The Kier molecular flexibility index (Phi) is 8.27. The summed E-state index contributed by atoms with van der Waals surface area (Å²) >= 11 is 0. The molecule has 0 aromatic heterocycles. The van der Waals surface area contributed by atoms with Gasteiger partial charge in [0.1, 0.15) is 0 Å². The second kappa shape index (κ2) is 10.9. The van der Waals surface area contributed by atoms with Gasteiger partial charge in [-0.25, -0.2) is 4.79 Å². The van der Waals surface area contributed by atoms with E-state index >= 15 is 0 Å². The summed E-state index contributed by atoms with van der Waals surface area (Å²) in [5, 5.41) is 2.74. The molecule has 29 heavy (non-hydrogen) atoms. The lowest BCUT2D eigenvalue weighted by Crippen LogP contribution is -2.35. The van der Waals surface area contributed by atoms with Crippen LogP contribution in [-0.2, 0) is 20.9 Å². The molecule has 1 atom stereocenters. The minimum Gasteiger partial charge on any atom is -0.493 e. The molecule has 0 heterocycles. The van der Waals surface area contributed by atoms with Crippen molar-refractivity contribution in [3.05, 3.63) is 65.7 Å². The van der Waals surface area contributed by atoms with Gasteiger partial charge in [-0.15, -0.1) is 0 Å². The molecule has 0 aliphatic rings. The number of nitrogens with one attached hydrogen (secondary N) is 1. The first-order valence-corrected chi connectivity index (χ1v) is 9.44. The lowest BCUT2D eigenvalue weighted by atomic mass is 10.2. The molecule has 6 nitrogen and oxygen atoms in total. The molecule has 154 valence electrons. The van der Waals surface area contributed by atoms with Crippen molar-refractivity contribution in [3.8, 4) is 11.5 Å². The van der Waals surface area contributed by atoms with Crippen molar-refractivity contribution >= 4 is 18.0 Å². The molecule has 0 bridgehead atoms. The molecule has 2 aromatic carbocycles. The fourth-order valence-corrected chi connectivity index (χ4v) is 2.50. The topological polar surface area (TPSA) is 73.9 Å². The molecule has 0 saturated carbocycles. The van der Waals surface area contributed by atoms with Gasteiger partial charge in [0, 0.05) is 12.6 Å². The number of hydrogen-bond acceptors (Lipinski definition) is 5. The molecule has 0 fully saturated rings. The SMILES string of the molecule is COc1cc(/C=C/C(=O)O[C@@H](C)C(=O)NCc2ccccc2)ccc1OC(C)C. The fraction of sp³-hybridized carbons (Fsp3) is 0.304. The van der Waals surface area contributed by atoms with E-state index in [1.54, 1.807) is 31.4 Å². The average Bonchev–Trinajstić information content (AvgIpc) is 2.71. The molecule has 6 heteroatoms. The first-order chi connectivity index (χ1) is 13.9. The van der Waals surface area contributed by atoms with E-state index in [4.69, 9.17) is 14.2 Å². The van der Waals surface area contributed by atoms with Gasteiger partial charge in [-0.2, -0.15) is 0 Å². The first-order valence-electron chi connectivity index (χ1n) is 9.44. The number of amides is 1. The lowest BCUT2D eigenvalue weighted by Gasteiger charge is -2.14. The second-order valence-corrected chi connectivity index (χ2v) is 6.69. The minimum absolute atomic E-state index is 0.0230. The van der Waals surface area contributed by atoms with Gasteiger partial charge < -0.3 is 19.5 Å². The number of carbonyl (C=O) groups is 2. The van der Waals surface area contributed by atoms with Crippen LogP contribution in [0.1, 0.15) is 31.9 Å². The third-order valence-corrected chi connectivity index (χ3v) is 3.93. The Bertz CT molecular complexity index is 846. The number of methoxy groups -OCH3 is 1. The molecule has 0 unspecified atom stereocenters. The van der Waals surface area contributed by atoms with Gasteiger partial charge in [0.25, 0.3) is 5.91 Å². The molecule has 0 saturated heterocycles. The molecule has 2 rings (SSSR count). The predicted molar refractivity (Wildman–Crippen MR) is 112 cm³/mol. The summed E-state index contributed by atoms with van der Waals surface area (Å²) in [4.78, 5) is 24.1. The molecule has 1 amide bonds. The van der Waals surface area contributed by atoms with E-state index in [0.717, 1.165) is 11.1 Å². The second-order valence-electron chi connectivity index (χ2n) is 6.69. The van der Waals surface area contributed by atoms with Crippen molar-refractivity contribution in [2.45, 2.75) is 39.5 Å². The molecule has 1 N–H and O–H groups in total. The number of ether oxygens (including phenoxy) is 3. The highest BCUT2D eigenvalue weighted by atomic mass is 16.5. The predicted octanol–water partition coefficient (Wildman–Crippen LogP) is 3.74. The van der Waals surface area contributed by atoms with Gasteiger partial charge in [0.05, 0.1) is 13.2 Å². The van der Waals surface area contributed by atoms with Crippen LogP contribution in [0.25, 0.3) is 6.08 Å². The molecule has 0 spiro atoms. The molecular weight excluding hydrogens is 370 g/mol. The van der Waals surface area contributed by atoms with Crippen LogP contribution in [-0.4, -0.2) is 31.2 Å². The molecule has 0 aliphatic heterocycles. The quantitative estimate of drug-likeness (QED) is 0.515. The highest BCUT2D eigenvalue weighted by Gasteiger charge is 2.16. The van der Waals surface area contributed by atoms with Crippen LogP contribution in [0.3, 0.4) is 0 Å². The highest BCUT2D eigenvalue weighted by molar-refractivity contribution is 5.90. The van der Waals surface area contributed by atoms with Crippen LogP contribution in [0, 0.1) is 0 Å². The molecule has 0 aliphatic carbocycles. The van der Waals surface area contributed by atoms with Crippen LogP contribution in [0.4, 0.5) is 0 Å². The third-order valence-electron chi connectivity index (χ3n) is 3.93. The maximum absolute atomic E-state index is 12.1. The average molecular weight is 397 g/mol. The van der Waals surface area contributed by atoms with E-state index in [-0.39, 0.29) is 12.0 Å². The molecule has 2 aromatic rings. The van der Waals surface area contributed by atoms with E-state index in [2.05, 4.69) is 5.32 Å². The van der Waals surface area contributed by atoms with Gasteiger partial charge in [-0.05, 0) is 50.1 Å². The van der Waals surface area contributed by atoms with E-state index in [1.165, 1.54) is 13.0 Å². The summed E-state index contributed by atoms with van der Waals surface area (Å²) in [6, 6.07) is 14.9. The number of hydrogen-bond donors (Lipinski definition) is 1. The third kappa shape index (κ3) is 7.33. The monoisotopic (exact) mass is 397 g/mol. The Labute approximate surface area is 171 Å². The Hall–Kier alpha value is -3.28. The summed E-state index contributed by atoms with van der Waals surface area (Å²) in [6.07, 6.45) is 2.00. The number of esters is 1. The van der Waals surface area contributed by atoms with Crippen LogP contribution >= 0.6 is 0 Å². The summed E-state index contributed by atoms with van der Waals surface area (Å²) < 4.78 is 16.2. The van der Waals surface area contributed by atoms with Gasteiger partial charge in [-0.3, -0.25) is 4.79 Å². The van der Waals surface area contributed by atoms with E-state index in [0.29, 0.717) is 18.0 Å². The Morgan fingerprint density at radius 1 is 1.03 bits per heavy atom. The van der Waals surface area contributed by atoms with Gasteiger partial charge in [0.2, 0.25) is 0 Å². The van der Waals surface area contributed by atoms with E-state index in [9.17, 15) is 9.59 Å². The zero-order chi connectivity index (χ0) is 21.2. The smallest absolute Gasteiger partial charge is 0.331 e. The summed E-state index contributed by atoms with van der Waals surface area (Å²) in [5.74, 6) is 0.245. The van der Waals surface area contributed by atoms with Gasteiger partial charge in [-0.1, -0.05) is 36.4 Å². The maximum atomic E-state index is 12.1. The first kappa shape index (κ1) is 22.0. The zero-order valence-corrected chi connectivity index (χ0v) is 17.2. The van der Waals surface area contributed by atoms with Crippen molar-refractivity contribution in [2.75, 3.05) is 7.11 Å². The fourth-order valence-electron chi connectivity index (χ4n) is 2.50. The minimum atomic E-state index is -0.896. The van der Waals surface area contributed by atoms with E-state index in [1.807, 2.05) is 44.2 Å². The number of rotatable bonds is 9. The Morgan fingerprint density at radius 3 is 2.41 bits per heavy atom. The normalized spacial score (nSPS) is 11.9. The van der Waals surface area contributed by atoms with Crippen LogP contribution in [0.5, 0.6) is 11.5 Å². The molecule has 0 radical (unpaired) electrons. The summed E-state index contributed by atoms with van der Waals surface area (Å²) in [6.45, 7) is 5.77. The zero-order valence-electron chi connectivity index (χ0n) is 17.2. The van der Waals surface area contributed by atoms with Crippen molar-refractivity contribution in [1.29, 1.82) is 0 Å². The van der Waals surface area contributed by atoms with Crippen LogP contribution in [0.2, 0.25) is 0 Å². The summed E-state index contributed by atoms with van der Waals surface area (Å²) in [7, 11) is 1.56. The standard InChI is InChI=1S/C23H27NO5/c1-16(2)28-20-12-10-18(14-21(20)27-4)11-13-22(25)29-17(3)23(26)24-15-19-8-6-5-7-9-19/h5-14,16-17H,15H2,1-4H3,(H,24,26)/b13-11+/t17-/m0/s1. The number of carbonyl (C=O) groups excluding carboxylic acids is 2. The van der Waals surface area contributed by atoms with Gasteiger partial charge in [0.15, 0.2) is 17.6 Å². The highest BCUT2D eigenvalue weighted by Crippen LogP contribution is 2.29. The van der Waals surface area contributed by atoms with Crippen molar-refractivity contribution in [3.63, 3.8) is 0 Å². The van der Waals surface area contributed by atoms with Crippen molar-refractivity contribution in [1.82, 2.24) is 5.32 Å². The van der Waals surface area contributed by atoms with Crippen LogP contribution in [0.15, 0.2) is 54.6 Å². The Balaban J connectivity index is 1.88. The van der Waals surface area contributed by atoms with E-state index < -0.39 is 12.1 Å².